The van der Waals surface area contributed by atoms with E-state index in [2.05, 4.69) is 10.00 Å². The summed E-state index contributed by atoms with van der Waals surface area (Å²) < 4.78 is 7.25. The average molecular weight is 424 g/mol. The molecule has 31 heavy (non-hydrogen) atoms. The van der Waals surface area contributed by atoms with E-state index in [-0.39, 0.29) is 17.5 Å². The van der Waals surface area contributed by atoms with Gasteiger partial charge in [-0.15, -0.1) is 0 Å². The lowest BCUT2D eigenvalue weighted by molar-refractivity contribution is -0.122. The number of anilines is 2. The van der Waals surface area contributed by atoms with E-state index >= 15 is 0 Å². The summed E-state index contributed by atoms with van der Waals surface area (Å²) in [5, 5.41) is 7.74. The molecule has 3 aliphatic rings. The first-order chi connectivity index (χ1) is 15.0. The molecule has 1 saturated carbocycles. The Bertz CT molecular complexity index is 987. The number of ether oxygens (including phenoxy) is 1. The second kappa shape index (κ2) is 7.59. The van der Waals surface area contributed by atoms with Crippen molar-refractivity contribution in [2.75, 3.05) is 37.0 Å². The summed E-state index contributed by atoms with van der Waals surface area (Å²) in [5.74, 6) is 2.50. The second-order valence-corrected chi connectivity index (χ2v) is 9.05. The van der Waals surface area contributed by atoms with Gasteiger partial charge in [-0.1, -0.05) is 0 Å². The van der Waals surface area contributed by atoms with Crippen molar-refractivity contribution in [3.8, 4) is 5.75 Å². The molecule has 1 aromatic heterocycles. The number of likely N-dealkylation sites (tertiary alicyclic amines) is 1. The van der Waals surface area contributed by atoms with Gasteiger partial charge in [0.05, 0.1) is 24.8 Å². The maximum Gasteiger partial charge on any atom is 0.321 e. The SMILES string of the molecule is COc1ccc(NC(=O)N2CCC3(CC2)CC(=O)N(CC2CC2)c2cc(C)nn23)cc1. The summed E-state index contributed by atoms with van der Waals surface area (Å²) >= 11 is 0. The number of nitrogens with zero attached hydrogens (tertiary/aromatic N) is 4. The van der Waals surface area contributed by atoms with Crippen LogP contribution < -0.4 is 15.0 Å². The fourth-order valence-electron chi connectivity index (χ4n) is 4.75. The van der Waals surface area contributed by atoms with Crippen molar-refractivity contribution in [2.24, 2.45) is 5.92 Å². The third kappa shape index (κ3) is 3.75. The highest BCUT2D eigenvalue weighted by Gasteiger charge is 2.47. The van der Waals surface area contributed by atoms with Crippen molar-refractivity contribution in [2.45, 2.75) is 44.6 Å². The van der Waals surface area contributed by atoms with Crippen LogP contribution in [0, 0.1) is 12.8 Å². The Morgan fingerprint density at radius 1 is 1.23 bits per heavy atom. The van der Waals surface area contributed by atoms with E-state index in [1.165, 1.54) is 12.8 Å². The second-order valence-electron chi connectivity index (χ2n) is 9.05. The van der Waals surface area contributed by atoms with Crippen LogP contribution >= 0.6 is 0 Å². The smallest absolute Gasteiger partial charge is 0.321 e. The predicted molar refractivity (Wildman–Crippen MR) is 117 cm³/mol. The number of fused-ring (bicyclic) bond motifs is 2. The predicted octanol–water partition coefficient (Wildman–Crippen LogP) is 3.37. The Morgan fingerprint density at radius 3 is 2.58 bits per heavy atom. The van der Waals surface area contributed by atoms with E-state index in [1.807, 2.05) is 47.1 Å². The highest BCUT2D eigenvalue weighted by atomic mass is 16.5. The molecule has 3 heterocycles. The van der Waals surface area contributed by atoms with Gasteiger partial charge in [0.15, 0.2) is 0 Å². The van der Waals surface area contributed by atoms with Crippen molar-refractivity contribution in [1.82, 2.24) is 14.7 Å². The molecule has 0 atom stereocenters. The molecule has 2 aliphatic heterocycles. The molecule has 0 unspecified atom stereocenters. The zero-order valence-electron chi connectivity index (χ0n) is 18.1. The highest BCUT2D eigenvalue weighted by Crippen LogP contribution is 2.43. The van der Waals surface area contributed by atoms with Gasteiger partial charge in [0, 0.05) is 31.4 Å². The number of amides is 3. The standard InChI is InChI=1S/C23H29N5O3/c1-16-13-20-27(15-17-3-4-17)21(29)14-23(28(20)25-16)9-11-26(12-10-23)22(30)24-18-5-7-19(31-2)8-6-18/h5-8,13,17H,3-4,9-12,14-15H2,1-2H3,(H,24,30). The van der Waals surface area contributed by atoms with Crippen molar-refractivity contribution in [1.29, 1.82) is 0 Å². The number of aromatic nitrogens is 2. The minimum absolute atomic E-state index is 0.116. The Morgan fingerprint density at radius 2 is 1.94 bits per heavy atom. The summed E-state index contributed by atoms with van der Waals surface area (Å²) in [6, 6.07) is 9.22. The van der Waals surface area contributed by atoms with Crippen molar-refractivity contribution in [3.05, 3.63) is 36.0 Å². The minimum Gasteiger partial charge on any atom is -0.497 e. The summed E-state index contributed by atoms with van der Waals surface area (Å²) in [6.07, 6.45) is 4.32. The fourth-order valence-corrected chi connectivity index (χ4v) is 4.75. The zero-order valence-corrected chi connectivity index (χ0v) is 18.1. The zero-order chi connectivity index (χ0) is 21.6. The third-order valence-electron chi connectivity index (χ3n) is 6.78. The number of urea groups is 1. The summed E-state index contributed by atoms with van der Waals surface area (Å²) in [7, 11) is 1.62. The van der Waals surface area contributed by atoms with Gasteiger partial charge in [0.25, 0.3) is 0 Å². The molecule has 1 saturated heterocycles. The van der Waals surface area contributed by atoms with Gasteiger partial charge < -0.3 is 15.0 Å². The van der Waals surface area contributed by atoms with Crippen LogP contribution in [0.3, 0.4) is 0 Å². The summed E-state index contributed by atoms with van der Waals surface area (Å²) in [4.78, 5) is 29.6. The number of nitrogens with one attached hydrogen (secondary N) is 1. The van der Waals surface area contributed by atoms with Crippen LogP contribution in [-0.2, 0) is 10.3 Å². The first kappa shape index (κ1) is 19.9. The molecule has 2 aromatic rings. The largest absolute Gasteiger partial charge is 0.497 e. The Labute approximate surface area is 182 Å². The van der Waals surface area contributed by atoms with Gasteiger partial charge in [-0.3, -0.25) is 9.69 Å². The molecule has 8 nitrogen and oxygen atoms in total. The first-order valence-corrected chi connectivity index (χ1v) is 11.0. The summed E-state index contributed by atoms with van der Waals surface area (Å²) in [5.41, 5.74) is 1.33. The van der Waals surface area contributed by atoms with Crippen LogP contribution in [0.25, 0.3) is 0 Å². The monoisotopic (exact) mass is 423 g/mol. The molecule has 0 radical (unpaired) electrons. The molecular formula is C23H29N5O3. The lowest BCUT2D eigenvalue weighted by Gasteiger charge is -2.46. The van der Waals surface area contributed by atoms with Gasteiger partial charge in [-0.25, -0.2) is 9.48 Å². The number of methoxy groups -OCH3 is 1. The van der Waals surface area contributed by atoms with E-state index in [4.69, 9.17) is 9.84 Å². The van der Waals surface area contributed by atoms with E-state index in [0.29, 0.717) is 25.4 Å². The lowest BCUT2D eigenvalue weighted by Crippen LogP contribution is -2.55. The highest BCUT2D eigenvalue weighted by molar-refractivity contribution is 5.95. The van der Waals surface area contributed by atoms with Gasteiger partial charge in [-0.2, -0.15) is 5.10 Å². The number of hydrogen-bond donors (Lipinski definition) is 1. The quantitative estimate of drug-likeness (QED) is 0.818. The van der Waals surface area contributed by atoms with Gasteiger partial charge in [-0.05, 0) is 62.8 Å². The average Bonchev–Trinajstić information content (AvgIpc) is 3.50. The van der Waals surface area contributed by atoms with Crippen LogP contribution in [0.4, 0.5) is 16.3 Å². The molecule has 1 aliphatic carbocycles. The molecule has 164 valence electrons. The number of piperidine rings is 1. The van der Waals surface area contributed by atoms with E-state index in [9.17, 15) is 9.59 Å². The van der Waals surface area contributed by atoms with Crippen molar-refractivity contribution >= 4 is 23.4 Å². The number of benzene rings is 1. The van der Waals surface area contributed by atoms with Crippen LogP contribution in [-0.4, -0.2) is 53.4 Å². The maximum absolute atomic E-state index is 13.1. The third-order valence-corrected chi connectivity index (χ3v) is 6.78. The van der Waals surface area contributed by atoms with E-state index in [1.54, 1.807) is 7.11 Å². The van der Waals surface area contributed by atoms with Crippen LogP contribution in [0.15, 0.2) is 30.3 Å². The number of carbonyl (C=O) groups excluding carboxylic acids is 2. The molecule has 2 fully saturated rings. The molecule has 1 spiro atoms. The van der Waals surface area contributed by atoms with Crippen LogP contribution in [0.1, 0.15) is 37.8 Å². The topological polar surface area (TPSA) is 79.7 Å². The van der Waals surface area contributed by atoms with E-state index in [0.717, 1.165) is 42.3 Å². The minimum atomic E-state index is -0.336. The molecule has 1 N–H and O–H groups in total. The molecule has 5 rings (SSSR count). The Balaban J connectivity index is 1.29. The maximum atomic E-state index is 13.1. The normalized spacial score (nSPS) is 20.0. The lowest BCUT2D eigenvalue weighted by atomic mass is 9.82. The van der Waals surface area contributed by atoms with Crippen LogP contribution in [0.2, 0.25) is 0 Å². The fraction of sp³-hybridized carbons (Fsp3) is 0.522. The molecule has 0 bridgehead atoms. The number of aryl methyl sites for hydroxylation is 1. The Kier molecular flexibility index (Phi) is 4.87. The molecule has 1 aromatic carbocycles. The summed E-state index contributed by atoms with van der Waals surface area (Å²) in [6.45, 7) is 3.97. The Hall–Kier alpha value is -3.03. The van der Waals surface area contributed by atoms with Gasteiger partial charge in [0.2, 0.25) is 5.91 Å². The first-order valence-electron chi connectivity index (χ1n) is 11.0. The van der Waals surface area contributed by atoms with Gasteiger partial charge >= 0.3 is 6.03 Å². The number of hydrogen-bond acceptors (Lipinski definition) is 4. The van der Waals surface area contributed by atoms with Crippen molar-refractivity contribution in [3.63, 3.8) is 0 Å². The van der Waals surface area contributed by atoms with E-state index < -0.39 is 0 Å². The van der Waals surface area contributed by atoms with Gasteiger partial charge in [0.1, 0.15) is 11.6 Å². The van der Waals surface area contributed by atoms with Crippen molar-refractivity contribution < 1.29 is 14.3 Å². The van der Waals surface area contributed by atoms with Crippen LogP contribution in [0.5, 0.6) is 5.75 Å². The molecule has 8 heteroatoms. The number of rotatable bonds is 4. The molecule has 3 amide bonds. The molecular weight excluding hydrogens is 394 g/mol. The number of carbonyl (C=O) groups is 2.